The van der Waals surface area contributed by atoms with Gasteiger partial charge in [0.2, 0.25) is 0 Å². The summed E-state index contributed by atoms with van der Waals surface area (Å²) in [5.74, 6) is 5.20. The fraction of sp³-hybridized carbons (Fsp3) is 0.143. The van der Waals surface area contributed by atoms with Crippen LogP contribution < -0.4 is 33.3 Å². The maximum absolute atomic E-state index is 6.31. The van der Waals surface area contributed by atoms with Gasteiger partial charge >= 0.3 is 0 Å². The van der Waals surface area contributed by atoms with Crippen LogP contribution >= 0.6 is 102 Å². The second-order valence-corrected chi connectivity index (χ2v) is 29.2. The lowest BCUT2D eigenvalue weighted by molar-refractivity contribution is 0.175. The molecule has 0 atom stereocenters. The number of thiophene rings is 9. The first-order valence-corrected chi connectivity index (χ1v) is 33.1. The minimum absolute atomic E-state index is 0.547. The molecule has 0 saturated heterocycles. The molecule has 0 unspecified atom stereocenters. The highest BCUT2D eigenvalue weighted by Crippen LogP contribution is 2.59. The summed E-state index contributed by atoms with van der Waals surface area (Å²) < 4.78 is 37.7. The summed E-state index contributed by atoms with van der Waals surface area (Å²) in [7, 11) is 0. The van der Waals surface area contributed by atoms with Crippen molar-refractivity contribution < 1.29 is 28.4 Å². The minimum atomic E-state index is 0.547. The van der Waals surface area contributed by atoms with Gasteiger partial charge in [-0.15, -0.1) is 102 Å². The molecule has 12 aromatic rings. The number of hydrogen-bond donors (Lipinski definition) is 0. The van der Waals surface area contributed by atoms with E-state index in [0.717, 1.165) is 97.5 Å². The van der Waals surface area contributed by atoms with Gasteiger partial charge in [0.25, 0.3) is 0 Å². The molecule has 0 fully saturated rings. The predicted octanol–water partition coefficient (Wildman–Crippen LogP) is 21.0. The fourth-order valence-corrected chi connectivity index (χ4v) is 20.0. The van der Waals surface area contributed by atoms with Crippen molar-refractivity contribution in [3.05, 3.63) is 160 Å². The van der Waals surface area contributed by atoms with E-state index in [0.29, 0.717) is 39.6 Å². The Morgan fingerprint density at radius 3 is 0.684 bits per heavy atom. The first kappa shape index (κ1) is 49.6. The second-order valence-electron chi connectivity index (χ2n) is 19.0. The lowest BCUT2D eigenvalue weighted by Gasteiger charge is -2.26. The average Bonchev–Trinajstić information content (AvgIpc) is 4.48. The van der Waals surface area contributed by atoms with Crippen molar-refractivity contribution in [2.24, 2.45) is 0 Å². The van der Waals surface area contributed by atoms with Crippen LogP contribution in [0.3, 0.4) is 0 Å². The van der Waals surface area contributed by atoms with Gasteiger partial charge in [-0.2, -0.15) is 0 Å². The Bertz CT molecular complexity index is 3780. The first-order chi connectivity index (χ1) is 38.8. The van der Waals surface area contributed by atoms with Crippen LogP contribution in [0, 0.1) is 20.8 Å². The number of hydrogen-bond acceptors (Lipinski definition) is 16. The molecule has 3 aliphatic heterocycles. The number of rotatable bonds is 12. The van der Waals surface area contributed by atoms with Crippen molar-refractivity contribution in [1.29, 1.82) is 0 Å². The van der Waals surface area contributed by atoms with Gasteiger partial charge in [0.1, 0.15) is 39.6 Å². The summed E-state index contributed by atoms with van der Waals surface area (Å²) in [6, 6.07) is 53.4. The monoisotopic (exact) mass is 1200 g/mol. The average molecular weight is 1200 g/mol. The van der Waals surface area contributed by atoms with Crippen LogP contribution in [0.5, 0.6) is 34.5 Å². The van der Waals surface area contributed by atoms with Crippen molar-refractivity contribution in [3.63, 3.8) is 0 Å². The van der Waals surface area contributed by atoms with E-state index in [4.69, 9.17) is 28.4 Å². The van der Waals surface area contributed by atoms with Crippen LogP contribution in [-0.2, 0) is 0 Å². The molecule has 0 spiro atoms. The molecule has 0 bridgehead atoms. The SMILES string of the molecule is Cc1ccc(-c2sc(-c3ccc(-c4ccc(N(c5ccc(-c6ccc(-c7sc(-c8ccc(C)s8)c8c7OCCO8)s6)cc5)c5ccc(-c6ccc(-c7sc(-c8ccc(C)s8)c8c7OCCO8)s6)cc5)cc4)s3)c3c2OCCO3)s1. The van der Waals surface area contributed by atoms with Crippen LogP contribution in [-0.4, -0.2) is 39.6 Å². The normalized spacial score (nSPS) is 13.6. The Balaban J connectivity index is 0.748. The van der Waals surface area contributed by atoms with Crippen molar-refractivity contribution in [2.75, 3.05) is 44.5 Å². The standard InChI is InChI=1S/C63H45NO6S9/c1-34-4-19-46(71-34)58-52-55(68-31-28-65-52)61(77-58)49-25-22-43(74-49)37-7-13-40(14-8-37)64(41-15-9-38(10-16-41)44-23-26-50(75-44)62-56-53(66-29-32-69-56)59(78-62)47-20-5-35(2)72-47)42-17-11-39(12-18-42)45-24-27-51(76-45)63-57-54(67-30-33-70-57)60(79-63)48-21-6-36(3)73-48/h4-27H,28-33H2,1-3H3. The third-order valence-corrected chi connectivity index (χ3v) is 24.8. The molecule has 9 aromatic heterocycles. The Morgan fingerprint density at radius 2 is 0.456 bits per heavy atom. The quantitative estimate of drug-likeness (QED) is 0.121. The molecular formula is C63H45NO6S9. The van der Waals surface area contributed by atoms with Gasteiger partial charge < -0.3 is 33.3 Å². The van der Waals surface area contributed by atoms with Crippen LogP contribution in [0.1, 0.15) is 14.6 Å². The predicted molar refractivity (Wildman–Crippen MR) is 338 cm³/mol. The van der Waals surface area contributed by atoms with Gasteiger partial charge in [-0.1, -0.05) is 36.4 Å². The number of benzene rings is 3. The molecule has 12 heterocycles. The zero-order valence-corrected chi connectivity index (χ0v) is 50.0. The summed E-state index contributed by atoms with van der Waals surface area (Å²) in [6.07, 6.45) is 0. The number of nitrogens with zero attached hydrogens (tertiary/aromatic N) is 1. The molecule has 0 N–H and O–H groups in total. The Kier molecular flexibility index (Phi) is 12.9. The lowest BCUT2D eigenvalue weighted by Crippen LogP contribution is -2.14. The van der Waals surface area contributed by atoms with Gasteiger partial charge in [0.15, 0.2) is 34.5 Å². The summed E-state index contributed by atoms with van der Waals surface area (Å²) in [4.78, 5) is 23.7. The highest BCUT2D eigenvalue weighted by Gasteiger charge is 2.31. The molecule has 392 valence electrons. The smallest absolute Gasteiger partial charge is 0.181 e. The number of fused-ring (bicyclic) bond motifs is 3. The highest BCUT2D eigenvalue weighted by molar-refractivity contribution is 7.29. The zero-order chi connectivity index (χ0) is 52.7. The first-order valence-electron chi connectivity index (χ1n) is 25.7. The minimum Gasteiger partial charge on any atom is -0.485 e. The Labute approximate surface area is 493 Å². The molecule has 0 amide bonds. The van der Waals surface area contributed by atoms with Crippen molar-refractivity contribution in [3.8, 4) is 124 Å². The molecular weight excluding hydrogens is 1160 g/mol. The Morgan fingerprint density at radius 1 is 0.241 bits per heavy atom. The van der Waals surface area contributed by atoms with E-state index in [-0.39, 0.29) is 0 Å². The number of ether oxygens (including phenoxy) is 6. The van der Waals surface area contributed by atoms with E-state index in [9.17, 15) is 0 Å². The maximum atomic E-state index is 6.31. The lowest BCUT2D eigenvalue weighted by atomic mass is 10.1. The van der Waals surface area contributed by atoms with Crippen LogP contribution in [0.25, 0.3) is 89.8 Å². The molecule has 0 aliphatic carbocycles. The highest BCUT2D eigenvalue weighted by atomic mass is 32.1. The van der Waals surface area contributed by atoms with E-state index in [2.05, 4.69) is 171 Å². The Hall–Kier alpha value is -6.44. The van der Waals surface area contributed by atoms with E-state index in [1.165, 1.54) is 58.5 Å². The molecule has 16 heteroatoms. The van der Waals surface area contributed by atoms with E-state index < -0.39 is 0 Å². The van der Waals surface area contributed by atoms with Crippen LogP contribution in [0.2, 0.25) is 0 Å². The summed E-state index contributed by atoms with van der Waals surface area (Å²) in [6.45, 7) is 9.76. The molecule has 15 rings (SSSR count). The van der Waals surface area contributed by atoms with E-state index >= 15 is 0 Å². The molecule has 0 saturated carbocycles. The number of aryl methyl sites for hydroxylation is 3. The number of anilines is 3. The van der Waals surface area contributed by atoms with Crippen molar-refractivity contribution in [2.45, 2.75) is 20.8 Å². The van der Waals surface area contributed by atoms with Gasteiger partial charge in [-0.25, -0.2) is 0 Å². The maximum Gasteiger partial charge on any atom is 0.181 e. The van der Waals surface area contributed by atoms with Crippen LogP contribution in [0.15, 0.2) is 146 Å². The largest absolute Gasteiger partial charge is 0.485 e. The molecule has 7 nitrogen and oxygen atoms in total. The summed E-state index contributed by atoms with van der Waals surface area (Å²) in [5.41, 5.74) is 6.67. The van der Waals surface area contributed by atoms with Crippen molar-refractivity contribution in [1.82, 2.24) is 0 Å². The topological polar surface area (TPSA) is 58.6 Å². The van der Waals surface area contributed by atoms with Crippen LogP contribution in [0.4, 0.5) is 17.1 Å². The van der Waals surface area contributed by atoms with E-state index in [1.807, 2.05) is 0 Å². The zero-order valence-electron chi connectivity index (χ0n) is 42.7. The molecule has 79 heavy (non-hydrogen) atoms. The van der Waals surface area contributed by atoms with Gasteiger partial charge in [-0.05, 0) is 147 Å². The summed E-state index contributed by atoms with van der Waals surface area (Å²) in [5, 5.41) is 0. The second kappa shape index (κ2) is 20.6. The summed E-state index contributed by atoms with van der Waals surface area (Å²) >= 11 is 16.0. The third kappa shape index (κ3) is 9.15. The van der Waals surface area contributed by atoms with Gasteiger partial charge in [0, 0.05) is 75.6 Å². The van der Waals surface area contributed by atoms with Crippen molar-refractivity contribution >= 4 is 119 Å². The molecule has 3 aliphatic rings. The van der Waals surface area contributed by atoms with E-state index in [1.54, 1.807) is 102 Å². The molecule has 3 aromatic carbocycles. The molecule has 0 radical (unpaired) electrons. The van der Waals surface area contributed by atoms with Gasteiger partial charge in [0.05, 0.1) is 29.3 Å². The fourth-order valence-electron chi connectivity index (χ4n) is 10.1. The van der Waals surface area contributed by atoms with Gasteiger partial charge in [-0.3, -0.25) is 0 Å². The third-order valence-electron chi connectivity index (χ3n) is 13.8.